The quantitative estimate of drug-likeness (QED) is 0.880. The third-order valence-corrected chi connectivity index (χ3v) is 2.72. The zero-order valence-corrected chi connectivity index (χ0v) is 11.4. The summed E-state index contributed by atoms with van der Waals surface area (Å²) in [5.74, 6) is 1.50. The molecule has 0 unspecified atom stereocenters. The first-order chi connectivity index (χ1) is 8.60. The molecule has 2 heterocycles. The molecular formula is C13H20N4O. The molecule has 0 radical (unpaired) electrons. The Morgan fingerprint density at radius 2 is 2.22 bits per heavy atom. The lowest BCUT2D eigenvalue weighted by Crippen LogP contribution is -2.21. The Labute approximate surface area is 107 Å². The van der Waals surface area contributed by atoms with Gasteiger partial charge in [0.15, 0.2) is 5.76 Å². The van der Waals surface area contributed by atoms with Crippen molar-refractivity contribution in [3.63, 3.8) is 0 Å². The Balaban J connectivity index is 2.18. The molecule has 18 heavy (non-hydrogen) atoms. The highest BCUT2D eigenvalue weighted by Crippen LogP contribution is 2.23. The molecule has 5 heteroatoms. The van der Waals surface area contributed by atoms with Crippen LogP contribution in [0.5, 0.6) is 0 Å². The molecular weight excluding hydrogens is 228 g/mol. The molecule has 0 atom stereocenters. The summed E-state index contributed by atoms with van der Waals surface area (Å²) in [6.45, 7) is 6.93. The molecule has 0 aliphatic carbocycles. The molecule has 0 bridgehead atoms. The normalized spacial score (nSPS) is 11.4. The Kier molecular flexibility index (Phi) is 3.81. The van der Waals surface area contributed by atoms with E-state index in [4.69, 9.17) is 4.42 Å². The van der Waals surface area contributed by atoms with Crippen LogP contribution in [0, 0.1) is 0 Å². The van der Waals surface area contributed by atoms with Crippen molar-refractivity contribution in [2.45, 2.75) is 39.8 Å². The van der Waals surface area contributed by atoms with Crippen LogP contribution >= 0.6 is 0 Å². The third kappa shape index (κ3) is 2.79. The highest BCUT2D eigenvalue weighted by Gasteiger charge is 2.13. The van der Waals surface area contributed by atoms with Crippen LogP contribution in [0.2, 0.25) is 0 Å². The zero-order valence-electron chi connectivity index (χ0n) is 11.4. The lowest BCUT2D eigenvalue weighted by Gasteiger charge is -2.03. The van der Waals surface area contributed by atoms with E-state index < -0.39 is 0 Å². The summed E-state index contributed by atoms with van der Waals surface area (Å²) in [4.78, 5) is 4.28. The second-order valence-electron chi connectivity index (χ2n) is 4.67. The number of hydrogen-bond acceptors (Lipinski definition) is 4. The van der Waals surface area contributed by atoms with Crippen molar-refractivity contribution in [1.29, 1.82) is 0 Å². The molecule has 2 rings (SSSR count). The van der Waals surface area contributed by atoms with Gasteiger partial charge in [0, 0.05) is 19.3 Å². The monoisotopic (exact) mass is 248 g/mol. The lowest BCUT2D eigenvalue weighted by molar-refractivity contribution is 0.458. The van der Waals surface area contributed by atoms with Gasteiger partial charge in [-0.05, 0) is 6.42 Å². The molecule has 0 amide bonds. The van der Waals surface area contributed by atoms with E-state index in [9.17, 15) is 0 Å². The predicted molar refractivity (Wildman–Crippen MR) is 70.1 cm³/mol. The average Bonchev–Trinajstić information content (AvgIpc) is 2.92. The van der Waals surface area contributed by atoms with Crippen molar-refractivity contribution in [3.05, 3.63) is 24.0 Å². The number of rotatable bonds is 5. The van der Waals surface area contributed by atoms with Crippen LogP contribution in [0.15, 0.2) is 16.8 Å². The van der Waals surface area contributed by atoms with Crippen LogP contribution < -0.4 is 5.32 Å². The Morgan fingerprint density at radius 1 is 1.44 bits per heavy atom. The SMILES string of the molecule is CCc1nn(C)cc1-c1cnc(CNC(C)C)o1. The molecule has 0 aliphatic heterocycles. The van der Waals surface area contributed by atoms with Crippen molar-refractivity contribution in [2.75, 3.05) is 0 Å². The molecule has 0 fully saturated rings. The molecule has 98 valence electrons. The molecule has 0 spiro atoms. The third-order valence-electron chi connectivity index (χ3n) is 2.72. The minimum absolute atomic E-state index is 0.421. The van der Waals surface area contributed by atoms with E-state index in [1.54, 1.807) is 6.20 Å². The van der Waals surface area contributed by atoms with Gasteiger partial charge in [-0.2, -0.15) is 5.10 Å². The molecule has 0 aliphatic rings. The van der Waals surface area contributed by atoms with Gasteiger partial charge in [0.1, 0.15) is 0 Å². The minimum atomic E-state index is 0.421. The minimum Gasteiger partial charge on any atom is -0.439 e. The van der Waals surface area contributed by atoms with E-state index in [2.05, 4.69) is 36.2 Å². The standard InChI is InChI=1S/C13H20N4O/c1-5-11-10(8-17(4)16-11)12-6-15-13(18-12)7-14-9(2)3/h6,8-9,14H,5,7H2,1-4H3. The maximum absolute atomic E-state index is 5.75. The van der Waals surface area contributed by atoms with Crippen molar-refractivity contribution in [2.24, 2.45) is 7.05 Å². The van der Waals surface area contributed by atoms with E-state index in [1.807, 2.05) is 17.9 Å². The zero-order chi connectivity index (χ0) is 13.1. The van der Waals surface area contributed by atoms with E-state index in [-0.39, 0.29) is 0 Å². The first-order valence-corrected chi connectivity index (χ1v) is 6.31. The number of oxazole rings is 1. The summed E-state index contributed by atoms with van der Waals surface area (Å²) in [6, 6.07) is 0.421. The van der Waals surface area contributed by atoms with Crippen LogP contribution in [0.25, 0.3) is 11.3 Å². The fraction of sp³-hybridized carbons (Fsp3) is 0.538. The van der Waals surface area contributed by atoms with E-state index >= 15 is 0 Å². The molecule has 2 aromatic heterocycles. The second kappa shape index (κ2) is 5.35. The summed E-state index contributed by atoms with van der Waals surface area (Å²) in [5.41, 5.74) is 2.07. The number of hydrogen-bond donors (Lipinski definition) is 1. The molecule has 1 N–H and O–H groups in total. The first kappa shape index (κ1) is 12.8. The maximum Gasteiger partial charge on any atom is 0.208 e. The van der Waals surface area contributed by atoms with Gasteiger partial charge in [-0.1, -0.05) is 20.8 Å². The number of nitrogens with one attached hydrogen (secondary N) is 1. The smallest absolute Gasteiger partial charge is 0.208 e. The van der Waals surface area contributed by atoms with Gasteiger partial charge in [0.05, 0.1) is 24.0 Å². The van der Waals surface area contributed by atoms with Crippen molar-refractivity contribution in [3.8, 4) is 11.3 Å². The summed E-state index contributed by atoms with van der Waals surface area (Å²) >= 11 is 0. The van der Waals surface area contributed by atoms with Gasteiger partial charge < -0.3 is 9.73 Å². The first-order valence-electron chi connectivity index (χ1n) is 6.31. The van der Waals surface area contributed by atoms with Crippen molar-refractivity contribution in [1.82, 2.24) is 20.1 Å². The van der Waals surface area contributed by atoms with E-state index in [0.29, 0.717) is 18.5 Å². The maximum atomic E-state index is 5.75. The summed E-state index contributed by atoms with van der Waals surface area (Å²) in [5, 5.41) is 7.69. The topological polar surface area (TPSA) is 55.9 Å². The summed E-state index contributed by atoms with van der Waals surface area (Å²) in [6.07, 6.45) is 4.63. The van der Waals surface area contributed by atoms with Crippen LogP contribution in [0.1, 0.15) is 32.4 Å². The number of nitrogens with zero attached hydrogens (tertiary/aromatic N) is 3. The molecule has 5 nitrogen and oxygen atoms in total. The average molecular weight is 248 g/mol. The fourth-order valence-corrected chi connectivity index (χ4v) is 1.81. The lowest BCUT2D eigenvalue weighted by atomic mass is 10.2. The Hall–Kier alpha value is -1.62. The van der Waals surface area contributed by atoms with Gasteiger partial charge in [-0.15, -0.1) is 0 Å². The van der Waals surface area contributed by atoms with Crippen LogP contribution in [-0.2, 0) is 20.0 Å². The second-order valence-corrected chi connectivity index (χ2v) is 4.67. The van der Waals surface area contributed by atoms with Crippen molar-refractivity contribution >= 4 is 0 Å². The van der Waals surface area contributed by atoms with Gasteiger partial charge in [0.25, 0.3) is 0 Å². The summed E-state index contributed by atoms with van der Waals surface area (Å²) < 4.78 is 7.56. The van der Waals surface area contributed by atoms with Gasteiger partial charge >= 0.3 is 0 Å². The highest BCUT2D eigenvalue weighted by molar-refractivity contribution is 5.58. The van der Waals surface area contributed by atoms with Gasteiger partial charge in [-0.25, -0.2) is 4.98 Å². The van der Waals surface area contributed by atoms with Crippen LogP contribution in [0.4, 0.5) is 0 Å². The van der Waals surface area contributed by atoms with Crippen LogP contribution in [-0.4, -0.2) is 20.8 Å². The van der Waals surface area contributed by atoms with Gasteiger partial charge in [-0.3, -0.25) is 4.68 Å². The predicted octanol–water partition coefficient (Wildman–Crippen LogP) is 2.14. The highest BCUT2D eigenvalue weighted by atomic mass is 16.4. The number of aryl methyl sites for hydroxylation is 2. The van der Waals surface area contributed by atoms with Gasteiger partial charge in [0.2, 0.25) is 5.89 Å². The number of aromatic nitrogens is 3. The molecule has 2 aromatic rings. The fourth-order valence-electron chi connectivity index (χ4n) is 1.81. The summed E-state index contributed by atoms with van der Waals surface area (Å²) in [7, 11) is 1.92. The Morgan fingerprint density at radius 3 is 2.89 bits per heavy atom. The largest absolute Gasteiger partial charge is 0.439 e. The molecule has 0 saturated heterocycles. The van der Waals surface area contributed by atoms with Crippen LogP contribution in [0.3, 0.4) is 0 Å². The Bertz CT molecular complexity index is 513. The molecule has 0 aromatic carbocycles. The van der Waals surface area contributed by atoms with E-state index in [1.165, 1.54) is 0 Å². The van der Waals surface area contributed by atoms with E-state index in [0.717, 1.165) is 23.4 Å². The van der Waals surface area contributed by atoms with Crippen molar-refractivity contribution < 1.29 is 4.42 Å². The molecule has 0 saturated carbocycles.